The highest BCUT2D eigenvalue weighted by atomic mass is 19.2. The number of nitrogens with zero attached hydrogens (tertiary/aromatic N) is 1. The Labute approximate surface area is 131 Å². The Morgan fingerprint density at radius 2 is 1.91 bits per heavy atom. The predicted molar refractivity (Wildman–Crippen MR) is 76.8 cm³/mol. The van der Waals surface area contributed by atoms with Crippen molar-refractivity contribution in [3.63, 3.8) is 0 Å². The van der Waals surface area contributed by atoms with Crippen LogP contribution in [0.1, 0.15) is 28.3 Å². The van der Waals surface area contributed by atoms with Crippen LogP contribution in [0.4, 0.5) is 8.78 Å². The lowest BCUT2D eigenvalue weighted by Gasteiger charge is -2.21. The van der Waals surface area contributed by atoms with Gasteiger partial charge in [-0.05, 0) is 36.8 Å². The molecule has 0 atom stereocenters. The summed E-state index contributed by atoms with van der Waals surface area (Å²) in [5.74, 6) is -2.98. The van der Waals surface area contributed by atoms with Crippen molar-refractivity contribution in [2.24, 2.45) is 0 Å². The van der Waals surface area contributed by atoms with E-state index < -0.39 is 23.5 Å². The summed E-state index contributed by atoms with van der Waals surface area (Å²) in [6, 6.07) is 6.37. The fraction of sp³-hybridized carbons (Fsp3) is 0.250. The van der Waals surface area contributed by atoms with Gasteiger partial charge in [0.2, 0.25) is 0 Å². The molecular weight excluding hydrogens is 308 g/mol. The van der Waals surface area contributed by atoms with Crippen molar-refractivity contribution in [2.45, 2.75) is 19.9 Å². The fourth-order valence-electron chi connectivity index (χ4n) is 2.05. The first-order chi connectivity index (χ1) is 10.9. The van der Waals surface area contributed by atoms with Gasteiger partial charge in [0.15, 0.2) is 17.4 Å². The van der Waals surface area contributed by atoms with Gasteiger partial charge in [0.05, 0.1) is 6.42 Å². The van der Waals surface area contributed by atoms with Crippen LogP contribution in [0.15, 0.2) is 34.7 Å². The highest BCUT2D eigenvalue weighted by Gasteiger charge is 2.20. The van der Waals surface area contributed by atoms with E-state index in [2.05, 4.69) is 0 Å². The fourth-order valence-corrected chi connectivity index (χ4v) is 2.05. The lowest BCUT2D eigenvalue weighted by Crippen LogP contribution is -2.32. The van der Waals surface area contributed by atoms with E-state index in [0.29, 0.717) is 11.3 Å². The number of hydrogen-bond donors (Lipinski definition) is 1. The molecule has 1 aromatic heterocycles. The molecule has 7 heteroatoms. The highest BCUT2D eigenvalue weighted by molar-refractivity contribution is 5.91. The quantitative estimate of drug-likeness (QED) is 0.887. The number of rotatable bonds is 6. The van der Waals surface area contributed by atoms with Gasteiger partial charge in [0.25, 0.3) is 5.91 Å². The standard InChI is InChI=1S/C16H15F2NO4/c1-10-2-5-14(23-10)16(22)19(7-6-15(20)21)9-11-3-4-12(17)13(18)8-11/h2-5,8H,6-7,9H2,1H3,(H,20,21). The van der Waals surface area contributed by atoms with Crippen LogP contribution in [0, 0.1) is 18.6 Å². The zero-order valence-corrected chi connectivity index (χ0v) is 12.4. The molecule has 0 aliphatic carbocycles. The van der Waals surface area contributed by atoms with E-state index in [4.69, 9.17) is 9.52 Å². The van der Waals surface area contributed by atoms with Crippen LogP contribution in [0.3, 0.4) is 0 Å². The molecule has 0 bridgehead atoms. The zero-order chi connectivity index (χ0) is 17.0. The summed E-state index contributed by atoms with van der Waals surface area (Å²) in [5.41, 5.74) is 0.353. The SMILES string of the molecule is Cc1ccc(C(=O)N(CCC(=O)O)Cc2ccc(F)c(F)c2)o1. The van der Waals surface area contributed by atoms with Crippen molar-refractivity contribution in [3.8, 4) is 0 Å². The number of hydrogen-bond acceptors (Lipinski definition) is 3. The average molecular weight is 323 g/mol. The second-order valence-electron chi connectivity index (χ2n) is 5.03. The number of amides is 1. The van der Waals surface area contributed by atoms with Crippen LogP contribution >= 0.6 is 0 Å². The van der Waals surface area contributed by atoms with E-state index in [0.717, 1.165) is 12.1 Å². The molecule has 2 aromatic rings. The van der Waals surface area contributed by atoms with E-state index in [1.807, 2.05) is 0 Å². The third-order valence-electron chi connectivity index (χ3n) is 3.19. The molecular formula is C16H15F2NO4. The highest BCUT2D eigenvalue weighted by Crippen LogP contribution is 2.15. The minimum atomic E-state index is -1.07. The Kier molecular flexibility index (Phi) is 5.10. The number of benzene rings is 1. The van der Waals surface area contributed by atoms with Crippen LogP contribution in [-0.2, 0) is 11.3 Å². The van der Waals surface area contributed by atoms with Gasteiger partial charge in [-0.1, -0.05) is 6.07 Å². The Morgan fingerprint density at radius 1 is 1.17 bits per heavy atom. The number of carboxylic acids is 1. The first-order valence-electron chi connectivity index (χ1n) is 6.88. The van der Waals surface area contributed by atoms with Gasteiger partial charge in [-0.25, -0.2) is 8.78 Å². The van der Waals surface area contributed by atoms with Crippen LogP contribution in [0.25, 0.3) is 0 Å². The van der Waals surface area contributed by atoms with Gasteiger partial charge >= 0.3 is 5.97 Å². The zero-order valence-electron chi connectivity index (χ0n) is 12.4. The second kappa shape index (κ2) is 7.04. The van der Waals surface area contributed by atoms with Crippen molar-refractivity contribution in [1.29, 1.82) is 0 Å². The van der Waals surface area contributed by atoms with E-state index in [1.54, 1.807) is 13.0 Å². The maximum Gasteiger partial charge on any atom is 0.305 e. The molecule has 0 fully saturated rings. The molecule has 0 aliphatic rings. The van der Waals surface area contributed by atoms with Crippen molar-refractivity contribution in [1.82, 2.24) is 4.90 Å². The average Bonchev–Trinajstić information content (AvgIpc) is 2.92. The molecule has 2 rings (SSSR count). The van der Waals surface area contributed by atoms with Crippen molar-refractivity contribution in [3.05, 3.63) is 59.1 Å². The van der Waals surface area contributed by atoms with Crippen molar-refractivity contribution in [2.75, 3.05) is 6.54 Å². The molecule has 0 unspecified atom stereocenters. The topological polar surface area (TPSA) is 70.8 Å². The van der Waals surface area contributed by atoms with E-state index in [-0.39, 0.29) is 25.3 Å². The lowest BCUT2D eigenvalue weighted by atomic mass is 10.2. The van der Waals surface area contributed by atoms with Gasteiger partial charge in [0, 0.05) is 13.1 Å². The number of aryl methyl sites for hydroxylation is 1. The Bertz CT molecular complexity index is 727. The first-order valence-corrected chi connectivity index (χ1v) is 6.88. The molecule has 1 N–H and O–H groups in total. The third kappa shape index (κ3) is 4.38. The Morgan fingerprint density at radius 3 is 2.48 bits per heavy atom. The monoisotopic (exact) mass is 323 g/mol. The normalized spacial score (nSPS) is 10.6. The number of carbonyl (C=O) groups excluding carboxylic acids is 1. The van der Waals surface area contributed by atoms with Crippen LogP contribution in [0.5, 0.6) is 0 Å². The number of aliphatic carboxylic acids is 1. The van der Waals surface area contributed by atoms with Gasteiger partial charge in [-0.2, -0.15) is 0 Å². The maximum atomic E-state index is 13.3. The minimum absolute atomic E-state index is 0.0525. The van der Waals surface area contributed by atoms with Gasteiger partial charge < -0.3 is 14.4 Å². The van der Waals surface area contributed by atoms with Gasteiger partial charge in [-0.3, -0.25) is 9.59 Å². The van der Waals surface area contributed by atoms with E-state index >= 15 is 0 Å². The summed E-state index contributed by atoms with van der Waals surface area (Å²) in [5, 5.41) is 8.79. The second-order valence-corrected chi connectivity index (χ2v) is 5.03. The summed E-state index contributed by atoms with van der Waals surface area (Å²) in [6.45, 7) is 1.55. The smallest absolute Gasteiger partial charge is 0.305 e. The first kappa shape index (κ1) is 16.7. The molecule has 1 amide bonds. The predicted octanol–water partition coefficient (Wildman–Crippen LogP) is 2.98. The van der Waals surface area contributed by atoms with E-state index in [9.17, 15) is 18.4 Å². The molecule has 0 aliphatic heterocycles. The molecule has 23 heavy (non-hydrogen) atoms. The van der Waals surface area contributed by atoms with Crippen molar-refractivity contribution < 1.29 is 27.9 Å². The lowest BCUT2D eigenvalue weighted by molar-refractivity contribution is -0.137. The Balaban J connectivity index is 2.20. The summed E-state index contributed by atoms with van der Waals surface area (Å²) in [7, 11) is 0. The molecule has 1 aromatic carbocycles. The molecule has 0 saturated heterocycles. The molecule has 0 saturated carbocycles. The van der Waals surface area contributed by atoms with Crippen LogP contribution in [0.2, 0.25) is 0 Å². The third-order valence-corrected chi connectivity index (χ3v) is 3.19. The summed E-state index contributed by atoms with van der Waals surface area (Å²) in [4.78, 5) is 24.4. The molecule has 1 heterocycles. The largest absolute Gasteiger partial charge is 0.481 e. The van der Waals surface area contributed by atoms with Crippen molar-refractivity contribution >= 4 is 11.9 Å². The summed E-state index contributed by atoms with van der Waals surface area (Å²) < 4.78 is 31.5. The molecule has 5 nitrogen and oxygen atoms in total. The Hall–Kier alpha value is -2.70. The molecule has 0 radical (unpaired) electrons. The molecule has 122 valence electrons. The van der Waals surface area contributed by atoms with Crippen LogP contribution < -0.4 is 0 Å². The van der Waals surface area contributed by atoms with Crippen LogP contribution in [-0.4, -0.2) is 28.4 Å². The summed E-state index contributed by atoms with van der Waals surface area (Å²) in [6.07, 6.45) is -0.269. The van der Waals surface area contributed by atoms with E-state index in [1.165, 1.54) is 17.0 Å². The van der Waals surface area contributed by atoms with Gasteiger partial charge in [-0.15, -0.1) is 0 Å². The number of carboxylic acid groups (broad SMARTS) is 1. The van der Waals surface area contributed by atoms with Gasteiger partial charge in [0.1, 0.15) is 5.76 Å². The number of carbonyl (C=O) groups is 2. The number of halogens is 2. The summed E-state index contributed by atoms with van der Waals surface area (Å²) >= 11 is 0. The minimum Gasteiger partial charge on any atom is -0.481 e. The number of furan rings is 1. The maximum absolute atomic E-state index is 13.3. The molecule has 0 spiro atoms.